The molecule has 0 rings (SSSR count). The van der Waals surface area contributed by atoms with Gasteiger partial charge in [-0.15, -0.1) is 6.58 Å². The summed E-state index contributed by atoms with van der Waals surface area (Å²) in [5.41, 5.74) is 0.636. The number of amides is 3. The SMILES string of the molecule is C=CC[C@H](C(=O)NO)[C@@H](CC(C)C)C(=O)N[C@H](C(=O)NCC(C)(COC)COC)C(C)(C)C. The summed E-state index contributed by atoms with van der Waals surface area (Å²) in [6, 6.07) is -0.837. The molecule has 3 amide bonds. The third-order valence-electron chi connectivity index (χ3n) is 5.51. The van der Waals surface area contributed by atoms with E-state index in [0.29, 0.717) is 26.2 Å². The smallest absolute Gasteiger partial charge is 0.247 e. The van der Waals surface area contributed by atoms with E-state index in [1.807, 2.05) is 41.5 Å². The molecular formula is C24H45N3O6. The van der Waals surface area contributed by atoms with Gasteiger partial charge in [0.05, 0.1) is 25.0 Å². The predicted octanol–water partition coefficient (Wildman–Crippen LogP) is 2.29. The molecule has 0 spiro atoms. The lowest BCUT2D eigenvalue weighted by molar-refractivity contribution is -0.142. The van der Waals surface area contributed by atoms with Gasteiger partial charge in [0.25, 0.3) is 0 Å². The molecule has 0 saturated heterocycles. The molecule has 3 atom stereocenters. The minimum absolute atomic E-state index is 0.116. The summed E-state index contributed by atoms with van der Waals surface area (Å²) in [7, 11) is 3.18. The second-order valence-corrected chi connectivity index (χ2v) is 10.5. The molecule has 33 heavy (non-hydrogen) atoms. The van der Waals surface area contributed by atoms with E-state index in [4.69, 9.17) is 9.47 Å². The van der Waals surface area contributed by atoms with Gasteiger partial charge in [0.2, 0.25) is 17.7 Å². The number of rotatable bonds is 15. The zero-order valence-corrected chi connectivity index (χ0v) is 21.6. The summed E-state index contributed by atoms with van der Waals surface area (Å²) < 4.78 is 10.5. The number of nitrogens with one attached hydrogen (secondary N) is 3. The van der Waals surface area contributed by atoms with Gasteiger partial charge in [-0.2, -0.15) is 0 Å². The number of allylic oxidation sites excluding steroid dienone is 1. The van der Waals surface area contributed by atoms with Crippen molar-refractivity contribution in [3.63, 3.8) is 0 Å². The zero-order chi connectivity index (χ0) is 25.8. The Labute approximate surface area is 199 Å². The maximum absolute atomic E-state index is 13.4. The van der Waals surface area contributed by atoms with Crippen LogP contribution in [-0.4, -0.2) is 62.9 Å². The second kappa shape index (κ2) is 14.3. The van der Waals surface area contributed by atoms with E-state index in [2.05, 4.69) is 17.2 Å². The molecule has 0 saturated carbocycles. The molecule has 9 heteroatoms. The van der Waals surface area contributed by atoms with E-state index in [-0.39, 0.29) is 18.2 Å². The van der Waals surface area contributed by atoms with Gasteiger partial charge in [0.15, 0.2) is 0 Å². The Morgan fingerprint density at radius 1 is 0.970 bits per heavy atom. The molecule has 0 bridgehead atoms. The van der Waals surface area contributed by atoms with Gasteiger partial charge < -0.3 is 20.1 Å². The van der Waals surface area contributed by atoms with Gasteiger partial charge in [0.1, 0.15) is 6.04 Å². The Morgan fingerprint density at radius 3 is 1.91 bits per heavy atom. The first-order chi connectivity index (χ1) is 15.3. The maximum atomic E-state index is 13.4. The maximum Gasteiger partial charge on any atom is 0.247 e. The normalized spacial score (nSPS) is 14.8. The molecule has 9 nitrogen and oxygen atoms in total. The van der Waals surface area contributed by atoms with Crippen molar-refractivity contribution in [2.75, 3.05) is 34.0 Å². The highest BCUT2D eigenvalue weighted by Gasteiger charge is 2.39. The first-order valence-corrected chi connectivity index (χ1v) is 11.4. The van der Waals surface area contributed by atoms with Crippen molar-refractivity contribution in [2.24, 2.45) is 28.6 Å². The number of carbonyl (C=O) groups is 3. The van der Waals surface area contributed by atoms with Crippen LogP contribution >= 0.6 is 0 Å². The number of hydroxylamine groups is 1. The molecular weight excluding hydrogens is 426 g/mol. The summed E-state index contributed by atoms with van der Waals surface area (Å²) in [5, 5.41) is 15.0. The average molecular weight is 472 g/mol. The summed E-state index contributed by atoms with van der Waals surface area (Å²) in [6.45, 7) is 16.2. The van der Waals surface area contributed by atoms with Crippen LogP contribution in [-0.2, 0) is 23.9 Å². The molecule has 192 valence electrons. The van der Waals surface area contributed by atoms with Crippen LogP contribution in [0.4, 0.5) is 0 Å². The Balaban J connectivity index is 5.74. The van der Waals surface area contributed by atoms with Crippen molar-refractivity contribution in [2.45, 2.75) is 60.4 Å². The monoisotopic (exact) mass is 471 g/mol. The lowest BCUT2D eigenvalue weighted by Gasteiger charge is -2.35. The Bertz CT molecular complexity index is 639. The van der Waals surface area contributed by atoms with E-state index in [0.717, 1.165) is 0 Å². The molecule has 0 aliphatic rings. The van der Waals surface area contributed by atoms with E-state index >= 15 is 0 Å². The van der Waals surface area contributed by atoms with Crippen molar-refractivity contribution < 1.29 is 29.1 Å². The van der Waals surface area contributed by atoms with Crippen LogP contribution in [0.25, 0.3) is 0 Å². The molecule has 4 N–H and O–H groups in total. The van der Waals surface area contributed by atoms with Crippen molar-refractivity contribution in [3.8, 4) is 0 Å². The van der Waals surface area contributed by atoms with Crippen LogP contribution < -0.4 is 16.1 Å². The van der Waals surface area contributed by atoms with Gasteiger partial charge >= 0.3 is 0 Å². The van der Waals surface area contributed by atoms with E-state index in [9.17, 15) is 19.6 Å². The molecule has 0 aromatic carbocycles. The highest BCUT2D eigenvalue weighted by Crippen LogP contribution is 2.27. The van der Waals surface area contributed by atoms with Gasteiger partial charge in [-0.05, 0) is 24.2 Å². The third kappa shape index (κ3) is 10.7. The molecule has 0 fully saturated rings. The minimum atomic E-state index is -0.837. The minimum Gasteiger partial charge on any atom is -0.384 e. The Hall–Kier alpha value is -1.97. The van der Waals surface area contributed by atoms with Crippen LogP contribution in [0.15, 0.2) is 12.7 Å². The van der Waals surface area contributed by atoms with Crippen LogP contribution in [0.3, 0.4) is 0 Å². The van der Waals surface area contributed by atoms with Crippen LogP contribution in [0.2, 0.25) is 0 Å². The van der Waals surface area contributed by atoms with Crippen molar-refractivity contribution in [1.29, 1.82) is 0 Å². The number of ether oxygens (including phenoxy) is 2. The van der Waals surface area contributed by atoms with Crippen LogP contribution in [0.5, 0.6) is 0 Å². The fourth-order valence-electron chi connectivity index (χ4n) is 3.85. The summed E-state index contributed by atoms with van der Waals surface area (Å²) >= 11 is 0. The summed E-state index contributed by atoms with van der Waals surface area (Å²) in [5.74, 6) is -2.81. The highest BCUT2D eigenvalue weighted by molar-refractivity contribution is 5.91. The topological polar surface area (TPSA) is 126 Å². The number of hydrogen-bond donors (Lipinski definition) is 4. The largest absolute Gasteiger partial charge is 0.384 e. The fraction of sp³-hybridized carbons (Fsp3) is 0.792. The molecule has 0 aromatic rings. The van der Waals surface area contributed by atoms with Gasteiger partial charge in [-0.1, -0.05) is 47.6 Å². The van der Waals surface area contributed by atoms with Crippen LogP contribution in [0.1, 0.15) is 54.4 Å². The van der Waals surface area contributed by atoms with Crippen LogP contribution in [0, 0.1) is 28.6 Å². The van der Waals surface area contributed by atoms with Crippen molar-refractivity contribution in [1.82, 2.24) is 16.1 Å². The van der Waals surface area contributed by atoms with Crippen molar-refractivity contribution in [3.05, 3.63) is 12.7 Å². The number of hydrogen-bond acceptors (Lipinski definition) is 6. The lowest BCUT2D eigenvalue weighted by atomic mass is 9.80. The first-order valence-electron chi connectivity index (χ1n) is 11.4. The Morgan fingerprint density at radius 2 is 1.52 bits per heavy atom. The van der Waals surface area contributed by atoms with Gasteiger partial charge in [0, 0.05) is 26.2 Å². The zero-order valence-electron chi connectivity index (χ0n) is 21.6. The molecule has 0 aromatic heterocycles. The molecule has 0 radical (unpaired) electrons. The average Bonchev–Trinajstić information content (AvgIpc) is 2.71. The third-order valence-corrected chi connectivity index (χ3v) is 5.51. The van der Waals surface area contributed by atoms with Crippen molar-refractivity contribution >= 4 is 17.7 Å². The second-order valence-electron chi connectivity index (χ2n) is 10.5. The molecule has 0 heterocycles. The fourth-order valence-corrected chi connectivity index (χ4v) is 3.85. The lowest BCUT2D eigenvalue weighted by Crippen LogP contribution is -2.57. The first kappa shape index (κ1) is 31.0. The van der Waals surface area contributed by atoms with E-state index in [1.54, 1.807) is 25.8 Å². The van der Waals surface area contributed by atoms with E-state index in [1.165, 1.54) is 0 Å². The molecule has 0 aliphatic heterocycles. The van der Waals surface area contributed by atoms with E-state index < -0.39 is 40.5 Å². The molecule has 0 aliphatic carbocycles. The Kier molecular flexibility index (Phi) is 13.5. The number of carbonyl (C=O) groups excluding carboxylic acids is 3. The highest BCUT2D eigenvalue weighted by atomic mass is 16.5. The summed E-state index contributed by atoms with van der Waals surface area (Å²) in [6.07, 6.45) is 2.17. The van der Waals surface area contributed by atoms with Gasteiger partial charge in [-0.3, -0.25) is 19.6 Å². The standard InChI is InChI=1S/C24H45N3O6/c1-10-11-17(21(29)27-31)18(12-16(2)3)20(28)26-19(23(4,5)6)22(30)25-13-24(7,14-32-8)15-33-9/h10,16-19,31H,1,11-15H2,2-9H3,(H,25,30)(H,26,28)(H,27,29)/t17-,18+,19+/m0/s1. The molecule has 0 unspecified atom stereocenters. The van der Waals surface area contributed by atoms with Gasteiger partial charge in [-0.25, -0.2) is 5.48 Å². The predicted molar refractivity (Wildman–Crippen MR) is 127 cm³/mol. The summed E-state index contributed by atoms with van der Waals surface area (Å²) in [4.78, 5) is 38.8. The quantitative estimate of drug-likeness (QED) is 0.165. The number of methoxy groups -OCH3 is 2.